The van der Waals surface area contributed by atoms with Gasteiger partial charge < -0.3 is 4.57 Å². The van der Waals surface area contributed by atoms with Gasteiger partial charge in [-0.3, -0.25) is 14.9 Å². The molecule has 1 aromatic carbocycles. The van der Waals surface area contributed by atoms with Crippen LogP contribution in [0.4, 0.5) is 5.69 Å². The van der Waals surface area contributed by atoms with E-state index in [0.717, 1.165) is 24.4 Å². The van der Waals surface area contributed by atoms with E-state index in [1.807, 2.05) is 19.9 Å². The fourth-order valence-electron chi connectivity index (χ4n) is 2.79. The zero-order chi connectivity index (χ0) is 18.6. The maximum atomic E-state index is 12.8. The molecule has 0 unspecified atom stereocenters. The Kier molecular flexibility index (Phi) is 5.50. The molecule has 0 N–H and O–H groups in total. The van der Waals surface area contributed by atoms with E-state index >= 15 is 0 Å². The van der Waals surface area contributed by atoms with Crippen molar-refractivity contribution in [3.8, 4) is 6.07 Å². The van der Waals surface area contributed by atoms with Crippen molar-refractivity contribution in [1.82, 2.24) is 4.57 Å². The summed E-state index contributed by atoms with van der Waals surface area (Å²) in [4.78, 5) is 23.1. The number of aryl methyl sites for hydroxylation is 1. The van der Waals surface area contributed by atoms with Gasteiger partial charge in [0.05, 0.1) is 4.92 Å². The van der Waals surface area contributed by atoms with Gasteiger partial charge in [-0.1, -0.05) is 19.1 Å². The minimum absolute atomic E-state index is 0.0442. The fourth-order valence-corrected chi connectivity index (χ4v) is 2.79. The molecule has 0 aliphatic rings. The second kappa shape index (κ2) is 7.58. The molecule has 6 nitrogen and oxygen atoms in total. The Labute approximate surface area is 146 Å². The summed E-state index contributed by atoms with van der Waals surface area (Å²) in [6, 6.07) is 9.55. The molecule has 0 aliphatic carbocycles. The summed E-state index contributed by atoms with van der Waals surface area (Å²) in [5, 5.41) is 20.2. The van der Waals surface area contributed by atoms with E-state index in [2.05, 4.69) is 11.5 Å². The summed E-state index contributed by atoms with van der Waals surface area (Å²) in [5.74, 6) is -0.371. The number of carbonyl (C=O) groups is 1. The lowest BCUT2D eigenvalue weighted by Crippen LogP contribution is -2.06. The number of nitro benzene ring substituents is 1. The fraction of sp³-hybridized carbons (Fsp3) is 0.263. The van der Waals surface area contributed by atoms with E-state index in [4.69, 9.17) is 0 Å². The summed E-state index contributed by atoms with van der Waals surface area (Å²) in [7, 11) is 0. The quantitative estimate of drug-likeness (QED) is 0.260. The molecule has 0 amide bonds. The minimum atomic E-state index is -0.510. The van der Waals surface area contributed by atoms with Gasteiger partial charge in [0, 0.05) is 35.6 Å². The van der Waals surface area contributed by atoms with Crippen LogP contribution in [0.3, 0.4) is 0 Å². The lowest BCUT2D eigenvalue weighted by Gasteiger charge is -2.07. The van der Waals surface area contributed by atoms with Crippen LogP contribution in [-0.4, -0.2) is 15.3 Å². The Balaban J connectivity index is 2.43. The molecule has 0 aliphatic heterocycles. The Morgan fingerprint density at radius 3 is 2.68 bits per heavy atom. The van der Waals surface area contributed by atoms with Crippen LogP contribution in [0, 0.1) is 35.3 Å². The van der Waals surface area contributed by atoms with Crippen molar-refractivity contribution in [3.63, 3.8) is 0 Å². The number of non-ortho nitro benzene ring substituents is 1. The second-order valence-corrected chi connectivity index (χ2v) is 5.79. The van der Waals surface area contributed by atoms with Gasteiger partial charge in [0.2, 0.25) is 5.78 Å². The van der Waals surface area contributed by atoms with E-state index in [-0.39, 0.29) is 17.0 Å². The van der Waals surface area contributed by atoms with E-state index in [9.17, 15) is 20.2 Å². The second-order valence-electron chi connectivity index (χ2n) is 5.79. The number of allylic oxidation sites excluding steroid dienone is 1. The van der Waals surface area contributed by atoms with Crippen LogP contribution in [0.15, 0.2) is 35.9 Å². The third kappa shape index (κ3) is 3.83. The van der Waals surface area contributed by atoms with Gasteiger partial charge in [0.25, 0.3) is 5.69 Å². The van der Waals surface area contributed by atoms with Gasteiger partial charge in [-0.25, -0.2) is 0 Å². The van der Waals surface area contributed by atoms with Crippen LogP contribution < -0.4 is 0 Å². The lowest BCUT2D eigenvalue weighted by atomic mass is 10.0. The number of rotatable bonds is 6. The molecule has 25 heavy (non-hydrogen) atoms. The van der Waals surface area contributed by atoms with E-state index in [0.29, 0.717) is 11.1 Å². The molecule has 128 valence electrons. The number of hydrogen-bond donors (Lipinski definition) is 0. The smallest absolute Gasteiger partial charge is 0.270 e. The van der Waals surface area contributed by atoms with Crippen molar-refractivity contribution in [3.05, 3.63) is 68.5 Å². The highest BCUT2D eigenvalue weighted by atomic mass is 16.6. The minimum Gasteiger partial charge on any atom is -0.348 e. The number of nitriles is 1. The number of nitrogens with zero attached hydrogens (tertiary/aromatic N) is 3. The van der Waals surface area contributed by atoms with Crippen molar-refractivity contribution in [2.45, 2.75) is 33.7 Å². The van der Waals surface area contributed by atoms with Gasteiger partial charge in [0.1, 0.15) is 11.6 Å². The molecule has 6 heteroatoms. The van der Waals surface area contributed by atoms with Crippen LogP contribution >= 0.6 is 0 Å². The lowest BCUT2D eigenvalue weighted by molar-refractivity contribution is -0.384. The molecular weight excluding hydrogens is 318 g/mol. The van der Waals surface area contributed by atoms with Crippen molar-refractivity contribution in [2.24, 2.45) is 0 Å². The summed E-state index contributed by atoms with van der Waals surface area (Å²) in [6.07, 6.45) is 2.33. The van der Waals surface area contributed by atoms with Crippen molar-refractivity contribution in [1.29, 1.82) is 5.26 Å². The summed E-state index contributed by atoms with van der Waals surface area (Å²) >= 11 is 0. The zero-order valence-electron chi connectivity index (χ0n) is 14.4. The largest absolute Gasteiger partial charge is 0.348 e. The third-order valence-corrected chi connectivity index (χ3v) is 4.02. The summed E-state index contributed by atoms with van der Waals surface area (Å²) < 4.78 is 2.05. The number of Topliss-reactive ketones (excluding diaryl/α,β-unsaturated/α-hetero) is 1. The maximum Gasteiger partial charge on any atom is 0.270 e. The van der Waals surface area contributed by atoms with Gasteiger partial charge in [0.15, 0.2) is 0 Å². The normalized spacial score (nSPS) is 11.2. The predicted molar refractivity (Wildman–Crippen MR) is 95.2 cm³/mol. The Bertz CT molecular complexity index is 901. The highest BCUT2D eigenvalue weighted by Crippen LogP contribution is 2.21. The summed E-state index contributed by atoms with van der Waals surface area (Å²) in [6.45, 7) is 6.65. The van der Waals surface area contributed by atoms with Crippen LogP contribution in [0.1, 0.15) is 40.7 Å². The van der Waals surface area contributed by atoms with Gasteiger partial charge in [-0.05, 0) is 38.0 Å². The Hall–Kier alpha value is -3.20. The first kappa shape index (κ1) is 18.1. The molecule has 1 aromatic heterocycles. The monoisotopic (exact) mass is 337 g/mol. The Morgan fingerprint density at radius 2 is 2.08 bits per heavy atom. The predicted octanol–water partition coefficient (Wildman–Crippen LogP) is 4.21. The molecule has 2 rings (SSSR count). The van der Waals surface area contributed by atoms with Crippen LogP contribution in [-0.2, 0) is 6.54 Å². The molecular formula is C19H19N3O3. The molecule has 2 aromatic rings. The molecule has 0 saturated carbocycles. The van der Waals surface area contributed by atoms with Crippen molar-refractivity contribution in [2.75, 3.05) is 0 Å². The van der Waals surface area contributed by atoms with Gasteiger partial charge in [-0.2, -0.15) is 5.26 Å². The Morgan fingerprint density at radius 1 is 1.36 bits per heavy atom. The highest BCUT2D eigenvalue weighted by Gasteiger charge is 2.19. The number of carbonyl (C=O) groups excluding carboxylic acids is 1. The van der Waals surface area contributed by atoms with Crippen LogP contribution in [0.5, 0.6) is 0 Å². The molecule has 0 fully saturated rings. The SMILES string of the molecule is CCCn1c(C)cc(C(=O)/C(C#N)=C/c2cccc([N+](=O)[O-])c2)c1C. The van der Waals surface area contributed by atoms with Crippen LogP contribution in [0.2, 0.25) is 0 Å². The standard InChI is InChI=1S/C19H19N3O3/c1-4-8-21-13(2)9-18(14(21)3)19(23)16(12-20)10-15-6-5-7-17(11-15)22(24)25/h5-7,9-11H,4,8H2,1-3H3/b16-10+. The number of nitro groups is 1. The molecule has 0 radical (unpaired) electrons. The molecule has 0 spiro atoms. The van der Waals surface area contributed by atoms with E-state index < -0.39 is 4.92 Å². The summed E-state index contributed by atoms with van der Waals surface area (Å²) in [5.41, 5.74) is 2.60. The topological polar surface area (TPSA) is 88.9 Å². The average molecular weight is 337 g/mol. The van der Waals surface area contributed by atoms with E-state index in [1.165, 1.54) is 24.3 Å². The molecule has 0 saturated heterocycles. The van der Waals surface area contributed by atoms with Gasteiger partial charge in [-0.15, -0.1) is 0 Å². The molecule has 1 heterocycles. The average Bonchev–Trinajstić information content (AvgIpc) is 2.88. The first-order valence-electron chi connectivity index (χ1n) is 7.96. The number of aromatic nitrogens is 1. The number of hydrogen-bond acceptors (Lipinski definition) is 4. The maximum absolute atomic E-state index is 12.8. The molecule has 0 bridgehead atoms. The molecule has 0 atom stereocenters. The van der Waals surface area contributed by atoms with Gasteiger partial charge >= 0.3 is 0 Å². The third-order valence-electron chi connectivity index (χ3n) is 4.02. The highest BCUT2D eigenvalue weighted by molar-refractivity contribution is 6.14. The zero-order valence-corrected chi connectivity index (χ0v) is 14.4. The number of ketones is 1. The van der Waals surface area contributed by atoms with Crippen molar-refractivity contribution >= 4 is 17.5 Å². The first-order valence-corrected chi connectivity index (χ1v) is 7.96. The number of benzene rings is 1. The van der Waals surface area contributed by atoms with E-state index in [1.54, 1.807) is 12.1 Å². The van der Waals surface area contributed by atoms with Crippen molar-refractivity contribution < 1.29 is 9.72 Å². The van der Waals surface area contributed by atoms with Crippen LogP contribution in [0.25, 0.3) is 6.08 Å². The first-order chi connectivity index (χ1) is 11.9.